The zero-order chi connectivity index (χ0) is 8.72. The number of carbonyl (C=O) groups is 2. The summed E-state index contributed by atoms with van der Waals surface area (Å²) in [5, 5.41) is 2.27. The summed E-state index contributed by atoms with van der Waals surface area (Å²) in [5.41, 5.74) is 0. The number of hydrogen-bond donors (Lipinski definition) is 1. The van der Waals surface area contributed by atoms with Crippen molar-refractivity contribution >= 4 is 11.8 Å². The first-order valence-electron chi connectivity index (χ1n) is 3.87. The van der Waals surface area contributed by atoms with E-state index in [1.54, 1.807) is 19.1 Å². The average Bonchev–Trinajstić information content (AvgIpc) is 2.47. The summed E-state index contributed by atoms with van der Waals surface area (Å²) in [5.74, 6) is -0.891. The van der Waals surface area contributed by atoms with Crippen molar-refractivity contribution in [1.82, 2.24) is 5.32 Å². The van der Waals surface area contributed by atoms with Crippen molar-refractivity contribution in [2.45, 2.75) is 19.1 Å². The maximum Gasteiger partial charge on any atom is 0.259 e. The number of ether oxygens (including phenoxy) is 1. The molecule has 2 bridgehead atoms. The summed E-state index contributed by atoms with van der Waals surface area (Å²) in [6.07, 6.45) is 2.65. The van der Waals surface area contributed by atoms with E-state index in [4.69, 9.17) is 4.74 Å². The van der Waals surface area contributed by atoms with Crippen LogP contribution in [0.3, 0.4) is 0 Å². The third-order valence-corrected chi connectivity index (χ3v) is 2.19. The molecule has 0 aromatic heterocycles. The van der Waals surface area contributed by atoms with Crippen LogP contribution in [0.25, 0.3) is 0 Å². The van der Waals surface area contributed by atoms with E-state index >= 15 is 0 Å². The van der Waals surface area contributed by atoms with Crippen molar-refractivity contribution < 1.29 is 14.3 Å². The van der Waals surface area contributed by atoms with Crippen LogP contribution in [0.15, 0.2) is 12.2 Å². The number of fused-ring (bicyclic) bond motifs is 2. The van der Waals surface area contributed by atoms with E-state index in [1.807, 2.05) is 0 Å². The Labute approximate surface area is 69.6 Å². The SMILES string of the molecule is CC1C(=O)NC(=O)C2C=CC1O2. The van der Waals surface area contributed by atoms with E-state index in [0.717, 1.165) is 0 Å². The topological polar surface area (TPSA) is 55.4 Å². The molecule has 3 atom stereocenters. The van der Waals surface area contributed by atoms with Crippen LogP contribution in [0.5, 0.6) is 0 Å². The van der Waals surface area contributed by atoms with Crippen molar-refractivity contribution in [2.75, 3.05) is 0 Å². The molecule has 2 rings (SSSR count). The van der Waals surface area contributed by atoms with Gasteiger partial charge in [-0.25, -0.2) is 0 Å². The van der Waals surface area contributed by atoms with Gasteiger partial charge in [0.25, 0.3) is 5.91 Å². The highest BCUT2D eigenvalue weighted by Gasteiger charge is 2.37. The first-order chi connectivity index (χ1) is 5.68. The molecule has 0 aliphatic carbocycles. The fourth-order valence-electron chi connectivity index (χ4n) is 1.36. The van der Waals surface area contributed by atoms with Gasteiger partial charge in [0.2, 0.25) is 5.91 Å². The van der Waals surface area contributed by atoms with Gasteiger partial charge in [-0.15, -0.1) is 0 Å². The molecule has 2 aliphatic rings. The van der Waals surface area contributed by atoms with Crippen LogP contribution in [0.1, 0.15) is 6.92 Å². The number of amides is 2. The van der Waals surface area contributed by atoms with Crippen molar-refractivity contribution in [3.05, 3.63) is 12.2 Å². The van der Waals surface area contributed by atoms with Gasteiger partial charge in [-0.3, -0.25) is 14.9 Å². The molecule has 2 aliphatic heterocycles. The fraction of sp³-hybridized carbons (Fsp3) is 0.500. The second kappa shape index (κ2) is 2.42. The zero-order valence-electron chi connectivity index (χ0n) is 6.61. The number of rotatable bonds is 0. The van der Waals surface area contributed by atoms with E-state index in [-0.39, 0.29) is 23.8 Å². The van der Waals surface area contributed by atoms with Crippen LogP contribution in [0.2, 0.25) is 0 Å². The summed E-state index contributed by atoms with van der Waals surface area (Å²) >= 11 is 0. The van der Waals surface area contributed by atoms with Crippen LogP contribution < -0.4 is 5.32 Å². The van der Waals surface area contributed by atoms with Crippen molar-refractivity contribution in [3.63, 3.8) is 0 Å². The first-order valence-corrected chi connectivity index (χ1v) is 3.87. The second-order valence-corrected chi connectivity index (χ2v) is 3.05. The summed E-state index contributed by atoms with van der Waals surface area (Å²) in [6.45, 7) is 1.74. The highest BCUT2D eigenvalue weighted by atomic mass is 16.5. The minimum Gasteiger partial charge on any atom is -0.356 e. The van der Waals surface area contributed by atoms with E-state index in [9.17, 15) is 9.59 Å². The summed E-state index contributed by atoms with van der Waals surface area (Å²) < 4.78 is 5.27. The lowest BCUT2D eigenvalue weighted by Gasteiger charge is -2.11. The van der Waals surface area contributed by atoms with Gasteiger partial charge in [0.1, 0.15) is 0 Å². The molecule has 12 heavy (non-hydrogen) atoms. The van der Waals surface area contributed by atoms with Gasteiger partial charge < -0.3 is 4.74 Å². The smallest absolute Gasteiger partial charge is 0.259 e. The standard InChI is InChI=1S/C8H9NO3/c1-4-5-2-3-6(12-5)8(11)9-7(4)10/h2-6H,1H3,(H,9,10,11). The van der Waals surface area contributed by atoms with E-state index in [2.05, 4.69) is 5.32 Å². The lowest BCUT2D eigenvalue weighted by atomic mass is 10.0. The van der Waals surface area contributed by atoms with E-state index in [1.165, 1.54) is 0 Å². The predicted octanol–water partition coefficient (Wildman–Crippen LogP) is -0.398. The first kappa shape index (κ1) is 7.49. The maximum atomic E-state index is 11.2. The molecule has 0 spiro atoms. The molecule has 2 heterocycles. The largest absolute Gasteiger partial charge is 0.356 e. The number of imide groups is 1. The fourth-order valence-corrected chi connectivity index (χ4v) is 1.36. The van der Waals surface area contributed by atoms with Crippen molar-refractivity contribution in [1.29, 1.82) is 0 Å². The maximum absolute atomic E-state index is 11.2. The van der Waals surface area contributed by atoms with Gasteiger partial charge in [-0.2, -0.15) is 0 Å². The minimum absolute atomic E-state index is 0.235. The van der Waals surface area contributed by atoms with Gasteiger partial charge in [0, 0.05) is 0 Å². The third-order valence-electron chi connectivity index (χ3n) is 2.19. The molecule has 1 N–H and O–H groups in total. The molecule has 1 fully saturated rings. The highest BCUT2D eigenvalue weighted by molar-refractivity contribution is 6.00. The quantitative estimate of drug-likeness (QED) is 0.394. The van der Waals surface area contributed by atoms with Gasteiger partial charge in [0.05, 0.1) is 12.0 Å². The molecule has 3 unspecified atom stereocenters. The Kier molecular flexibility index (Phi) is 1.51. The lowest BCUT2D eigenvalue weighted by molar-refractivity contribution is -0.132. The Morgan fingerprint density at radius 1 is 1.33 bits per heavy atom. The Morgan fingerprint density at radius 3 is 2.83 bits per heavy atom. The van der Waals surface area contributed by atoms with Crippen LogP contribution in [-0.4, -0.2) is 24.0 Å². The van der Waals surface area contributed by atoms with Gasteiger partial charge >= 0.3 is 0 Å². The van der Waals surface area contributed by atoms with E-state index in [0.29, 0.717) is 0 Å². The summed E-state index contributed by atoms with van der Waals surface area (Å²) in [4.78, 5) is 22.3. The molecule has 0 saturated carbocycles. The van der Waals surface area contributed by atoms with Crippen molar-refractivity contribution in [3.8, 4) is 0 Å². The molecule has 4 nitrogen and oxygen atoms in total. The van der Waals surface area contributed by atoms with E-state index < -0.39 is 6.10 Å². The Hall–Kier alpha value is -1.16. The number of nitrogens with one attached hydrogen (secondary N) is 1. The zero-order valence-corrected chi connectivity index (χ0v) is 6.61. The molecule has 0 aromatic carbocycles. The molecule has 4 heteroatoms. The molecular formula is C8H9NO3. The van der Waals surface area contributed by atoms with Gasteiger partial charge in [0.15, 0.2) is 6.10 Å². The number of hydrogen-bond acceptors (Lipinski definition) is 3. The van der Waals surface area contributed by atoms with Crippen LogP contribution in [0, 0.1) is 5.92 Å². The Morgan fingerprint density at radius 2 is 2.08 bits per heavy atom. The van der Waals surface area contributed by atoms with Gasteiger partial charge in [-0.1, -0.05) is 13.0 Å². The molecule has 0 aromatic rings. The molecule has 0 radical (unpaired) electrons. The predicted molar refractivity (Wildman–Crippen MR) is 40.1 cm³/mol. The molecule has 64 valence electrons. The molecular weight excluding hydrogens is 158 g/mol. The van der Waals surface area contributed by atoms with Crippen LogP contribution in [-0.2, 0) is 14.3 Å². The summed E-state index contributed by atoms with van der Waals surface area (Å²) in [7, 11) is 0. The normalized spacial score (nSPS) is 39.6. The summed E-state index contributed by atoms with van der Waals surface area (Å²) in [6, 6.07) is 0. The van der Waals surface area contributed by atoms with Crippen molar-refractivity contribution in [2.24, 2.45) is 5.92 Å². The lowest BCUT2D eigenvalue weighted by Crippen LogP contribution is -2.38. The van der Waals surface area contributed by atoms with Gasteiger partial charge in [-0.05, 0) is 6.08 Å². The van der Waals surface area contributed by atoms with Crippen LogP contribution >= 0.6 is 0 Å². The average molecular weight is 167 g/mol. The minimum atomic E-state index is -0.566. The molecule has 2 amide bonds. The monoisotopic (exact) mass is 167 g/mol. The molecule has 1 saturated heterocycles. The second-order valence-electron chi connectivity index (χ2n) is 3.05. The highest BCUT2D eigenvalue weighted by Crippen LogP contribution is 2.21. The van der Waals surface area contributed by atoms with Crippen LogP contribution in [0.4, 0.5) is 0 Å². The Balaban J connectivity index is 2.31. The Bertz CT molecular complexity index is 271. The third kappa shape index (κ3) is 0.956. The number of carbonyl (C=O) groups excluding carboxylic acids is 2.